The molecule has 0 aromatic carbocycles. The second kappa shape index (κ2) is 8.15. The van der Waals surface area contributed by atoms with Gasteiger partial charge in [-0.25, -0.2) is 4.98 Å². The number of likely N-dealkylation sites (tertiary alicyclic amines) is 1. The molecule has 2 atom stereocenters. The zero-order valence-corrected chi connectivity index (χ0v) is 16.1. The summed E-state index contributed by atoms with van der Waals surface area (Å²) in [7, 11) is 6.52. The van der Waals surface area contributed by atoms with Crippen LogP contribution in [0.2, 0.25) is 0 Å². The molecule has 0 N–H and O–H groups in total. The fourth-order valence-electron chi connectivity index (χ4n) is 4.21. The first-order chi connectivity index (χ1) is 12.0. The molecule has 6 heteroatoms. The molecule has 0 spiro atoms. The van der Waals surface area contributed by atoms with E-state index >= 15 is 0 Å². The number of nitrogens with zero attached hydrogens (tertiary/aromatic N) is 6. The number of rotatable bonds is 7. The zero-order valence-electron chi connectivity index (χ0n) is 16.1. The van der Waals surface area contributed by atoms with Crippen molar-refractivity contribution in [1.82, 2.24) is 29.1 Å². The van der Waals surface area contributed by atoms with Gasteiger partial charge in [0.05, 0.1) is 6.20 Å². The smallest absolute Gasteiger partial charge is 0.105 e. The molecule has 1 aliphatic rings. The van der Waals surface area contributed by atoms with Gasteiger partial charge < -0.3 is 9.47 Å². The number of imidazole rings is 1. The fraction of sp³-hybridized carbons (Fsp3) is 0.684. The van der Waals surface area contributed by atoms with Gasteiger partial charge in [-0.2, -0.15) is 5.10 Å². The molecule has 138 valence electrons. The van der Waals surface area contributed by atoms with Crippen molar-refractivity contribution in [2.75, 3.05) is 33.7 Å². The predicted octanol–water partition coefficient (Wildman–Crippen LogP) is 2.33. The molecule has 1 aliphatic heterocycles. The molecule has 0 amide bonds. The van der Waals surface area contributed by atoms with E-state index in [1.165, 1.54) is 24.9 Å². The number of hydrogen-bond donors (Lipinski definition) is 0. The molecule has 0 saturated carbocycles. The summed E-state index contributed by atoms with van der Waals surface area (Å²) in [4.78, 5) is 9.31. The maximum absolute atomic E-state index is 4.39. The van der Waals surface area contributed by atoms with Gasteiger partial charge in [-0.05, 0) is 59.3 Å². The van der Waals surface area contributed by atoms with E-state index in [9.17, 15) is 0 Å². The SMILES string of the molecule is Cc1nccn1CCCN(C)C[C@@H]1CCCN(C)[C@H]1c1cnn(C)c1. The molecule has 25 heavy (non-hydrogen) atoms. The molecule has 0 aliphatic carbocycles. The summed E-state index contributed by atoms with van der Waals surface area (Å²) in [6.45, 7) is 6.57. The largest absolute Gasteiger partial charge is 0.335 e. The summed E-state index contributed by atoms with van der Waals surface area (Å²) in [6, 6.07) is 0.487. The van der Waals surface area contributed by atoms with Crippen molar-refractivity contribution in [2.24, 2.45) is 13.0 Å². The standard InChI is InChI=1S/C19H32N6/c1-16-20-8-12-25(16)11-6-9-22(2)14-17-7-5-10-23(3)19(17)18-13-21-24(4)15-18/h8,12-13,15,17,19H,5-7,9-11,14H2,1-4H3/t17-,19+/m0/s1. The van der Waals surface area contributed by atoms with E-state index in [0.717, 1.165) is 31.9 Å². The molecule has 0 unspecified atom stereocenters. The van der Waals surface area contributed by atoms with E-state index in [2.05, 4.69) is 57.9 Å². The third-order valence-electron chi connectivity index (χ3n) is 5.48. The van der Waals surface area contributed by atoms with Crippen LogP contribution in [0.5, 0.6) is 0 Å². The molecule has 6 nitrogen and oxygen atoms in total. The quantitative estimate of drug-likeness (QED) is 0.773. The van der Waals surface area contributed by atoms with Crippen LogP contribution in [0.4, 0.5) is 0 Å². The average molecular weight is 345 g/mol. The van der Waals surface area contributed by atoms with E-state index < -0.39 is 0 Å². The molecule has 3 heterocycles. The van der Waals surface area contributed by atoms with Crippen molar-refractivity contribution < 1.29 is 0 Å². The van der Waals surface area contributed by atoms with E-state index in [-0.39, 0.29) is 0 Å². The number of hydrogen-bond acceptors (Lipinski definition) is 4. The number of aromatic nitrogens is 4. The Labute approximate surface area is 151 Å². The zero-order chi connectivity index (χ0) is 17.8. The van der Waals surface area contributed by atoms with Crippen molar-refractivity contribution in [3.63, 3.8) is 0 Å². The lowest BCUT2D eigenvalue weighted by atomic mass is 9.85. The lowest BCUT2D eigenvalue weighted by Gasteiger charge is -2.40. The van der Waals surface area contributed by atoms with Crippen LogP contribution in [0.1, 0.15) is 36.7 Å². The molecule has 1 saturated heterocycles. The van der Waals surface area contributed by atoms with Crippen LogP contribution in [-0.2, 0) is 13.6 Å². The lowest BCUT2D eigenvalue weighted by molar-refractivity contribution is 0.0937. The maximum Gasteiger partial charge on any atom is 0.105 e. The van der Waals surface area contributed by atoms with Crippen LogP contribution >= 0.6 is 0 Å². The fourth-order valence-corrected chi connectivity index (χ4v) is 4.21. The van der Waals surface area contributed by atoms with Crippen molar-refractivity contribution in [3.05, 3.63) is 36.2 Å². The van der Waals surface area contributed by atoms with Crippen LogP contribution in [0.25, 0.3) is 0 Å². The topological polar surface area (TPSA) is 42.1 Å². The lowest BCUT2D eigenvalue weighted by Crippen LogP contribution is -2.41. The average Bonchev–Trinajstić information content (AvgIpc) is 3.16. The normalized spacial score (nSPS) is 22.0. The molecular weight excluding hydrogens is 312 g/mol. The van der Waals surface area contributed by atoms with Gasteiger partial charge in [0.15, 0.2) is 0 Å². The summed E-state index contributed by atoms with van der Waals surface area (Å²) < 4.78 is 4.16. The maximum atomic E-state index is 4.39. The van der Waals surface area contributed by atoms with Crippen LogP contribution in [0.3, 0.4) is 0 Å². The molecule has 0 radical (unpaired) electrons. The van der Waals surface area contributed by atoms with Crippen LogP contribution in [-0.4, -0.2) is 62.9 Å². The van der Waals surface area contributed by atoms with Crippen LogP contribution in [0.15, 0.2) is 24.8 Å². The summed E-state index contributed by atoms with van der Waals surface area (Å²) >= 11 is 0. The Kier molecular flexibility index (Phi) is 5.91. The Morgan fingerprint density at radius 1 is 1.32 bits per heavy atom. The monoisotopic (exact) mass is 344 g/mol. The highest BCUT2D eigenvalue weighted by Crippen LogP contribution is 2.35. The van der Waals surface area contributed by atoms with E-state index in [1.807, 2.05) is 24.1 Å². The van der Waals surface area contributed by atoms with Crippen LogP contribution < -0.4 is 0 Å². The van der Waals surface area contributed by atoms with Gasteiger partial charge in [-0.15, -0.1) is 0 Å². The third-order valence-corrected chi connectivity index (χ3v) is 5.48. The highest BCUT2D eigenvalue weighted by molar-refractivity contribution is 5.13. The number of piperidine rings is 1. The second-order valence-corrected chi connectivity index (χ2v) is 7.56. The van der Waals surface area contributed by atoms with Gasteiger partial charge in [0.25, 0.3) is 0 Å². The van der Waals surface area contributed by atoms with Gasteiger partial charge in [0, 0.05) is 50.3 Å². The first-order valence-corrected chi connectivity index (χ1v) is 9.39. The molecule has 2 aromatic rings. The molecular formula is C19H32N6. The predicted molar refractivity (Wildman–Crippen MR) is 100 cm³/mol. The molecule has 2 aromatic heterocycles. The summed E-state index contributed by atoms with van der Waals surface area (Å²) in [5.41, 5.74) is 1.36. The molecule has 1 fully saturated rings. The third kappa shape index (κ3) is 4.50. The van der Waals surface area contributed by atoms with Crippen molar-refractivity contribution in [1.29, 1.82) is 0 Å². The first-order valence-electron chi connectivity index (χ1n) is 9.39. The Morgan fingerprint density at radius 2 is 2.16 bits per heavy atom. The minimum absolute atomic E-state index is 0.487. The van der Waals surface area contributed by atoms with E-state index in [4.69, 9.17) is 0 Å². The molecule has 3 rings (SSSR count). The van der Waals surface area contributed by atoms with Gasteiger partial charge >= 0.3 is 0 Å². The Balaban J connectivity index is 1.54. The minimum Gasteiger partial charge on any atom is -0.335 e. The summed E-state index contributed by atoms with van der Waals surface area (Å²) in [5, 5.41) is 4.39. The first kappa shape index (κ1) is 18.1. The van der Waals surface area contributed by atoms with Gasteiger partial charge in [-0.1, -0.05) is 0 Å². The highest BCUT2D eigenvalue weighted by atomic mass is 15.3. The second-order valence-electron chi connectivity index (χ2n) is 7.56. The van der Waals surface area contributed by atoms with Gasteiger partial charge in [0.2, 0.25) is 0 Å². The van der Waals surface area contributed by atoms with Gasteiger partial charge in [0.1, 0.15) is 5.82 Å². The summed E-state index contributed by atoms with van der Waals surface area (Å²) in [6.07, 6.45) is 11.9. The van der Waals surface area contributed by atoms with Crippen molar-refractivity contribution in [2.45, 2.75) is 38.8 Å². The minimum atomic E-state index is 0.487. The van der Waals surface area contributed by atoms with Gasteiger partial charge in [-0.3, -0.25) is 9.58 Å². The highest BCUT2D eigenvalue weighted by Gasteiger charge is 2.31. The van der Waals surface area contributed by atoms with E-state index in [0.29, 0.717) is 12.0 Å². The number of aryl methyl sites for hydroxylation is 3. The van der Waals surface area contributed by atoms with E-state index in [1.54, 1.807) is 0 Å². The Morgan fingerprint density at radius 3 is 2.84 bits per heavy atom. The van der Waals surface area contributed by atoms with Crippen molar-refractivity contribution in [3.8, 4) is 0 Å². The van der Waals surface area contributed by atoms with Crippen molar-refractivity contribution >= 4 is 0 Å². The molecule has 0 bridgehead atoms. The Hall–Kier alpha value is -1.66. The summed E-state index contributed by atoms with van der Waals surface area (Å²) in [5.74, 6) is 1.77. The van der Waals surface area contributed by atoms with Crippen LogP contribution in [0, 0.1) is 12.8 Å². The Bertz CT molecular complexity index is 660.